The Kier molecular flexibility index (Phi) is 17.6. The van der Waals surface area contributed by atoms with E-state index >= 15 is 0 Å². The molecule has 0 spiro atoms. The number of nitrogens with two attached hydrogens (primary N) is 1. The predicted octanol–water partition coefficient (Wildman–Crippen LogP) is 9.81. The van der Waals surface area contributed by atoms with E-state index in [1.54, 1.807) is 29.4 Å². The van der Waals surface area contributed by atoms with E-state index < -0.39 is 30.1 Å². The Morgan fingerprint density at radius 1 is 0.985 bits per heavy atom. The smallest absolute Gasteiger partial charge is 0.243 e. The van der Waals surface area contributed by atoms with Crippen molar-refractivity contribution in [2.45, 2.75) is 129 Å². The number of rotatable bonds is 20. The van der Waals surface area contributed by atoms with E-state index in [9.17, 15) is 19.1 Å². The Morgan fingerprint density at radius 2 is 1.71 bits per heavy atom. The van der Waals surface area contributed by atoms with Crippen LogP contribution in [-0.2, 0) is 16.1 Å². The minimum Gasteiger partial charge on any atom is -0.482 e. The lowest BCUT2D eigenvalue weighted by atomic mass is 9.85. The van der Waals surface area contributed by atoms with E-state index in [1.165, 1.54) is 25.0 Å². The van der Waals surface area contributed by atoms with Crippen LogP contribution in [0.3, 0.4) is 0 Å². The molecule has 2 aromatic carbocycles. The van der Waals surface area contributed by atoms with Crippen LogP contribution in [0.1, 0.15) is 114 Å². The molecule has 5 aromatic rings. The summed E-state index contributed by atoms with van der Waals surface area (Å²) in [5.74, 6) is -0.411. The molecule has 5 N–H and O–H groups in total. The zero-order valence-corrected chi connectivity index (χ0v) is 42.1. The van der Waals surface area contributed by atoms with Crippen LogP contribution in [0.15, 0.2) is 66.6 Å². The van der Waals surface area contributed by atoms with Crippen molar-refractivity contribution in [3.63, 3.8) is 0 Å². The number of aryl methyl sites for hydroxylation is 1. The first kappa shape index (κ1) is 51.2. The highest BCUT2D eigenvalue weighted by molar-refractivity contribution is 7.13. The Morgan fingerprint density at radius 3 is 2.41 bits per heavy atom. The number of ether oxygens (including phenoxy) is 1. The number of carbonyl (C=O) groups excluding carboxylic acids is 2. The number of nitrogens with zero attached hydrogens (tertiary/aromatic N) is 6. The lowest BCUT2D eigenvalue weighted by Gasteiger charge is -2.35. The predicted molar refractivity (Wildman–Crippen MR) is 269 cm³/mol. The summed E-state index contributed by atoms with van der Waals surface area (Å²) in [6.07, 6.45) is 13.1. The molecule has 2 aliphatic rings. The molecule has 366 valence electrons. The van der Waals surface area contributed by atoms with Gasteiger partial charge in [0.25, 0.3) is 0 Å². The van der Waals surface area contributed by atoms with Gasteiger partial charge in [-0.15, -0.1) is 11.3 Å². The summed E-state index contributed by atoms with van der Waals surface area (Å²) in [5.41, 5.74) is 12.7. The van der Waals surface area contributed by atoms with Crippen LogP contribution in [-0.4, -0.2) is 97.4 Å². The molecule has 4 atom stereocenters. The van der Waals surface area contributed by atoms with Crippen molar-refractivity contribution in [2.24, 2.45) is 5.41 Å². The number of aliphatic hydroxyl groups excluding tert-OH is 1. The molecule has 2 amide bonds. The zero-order valence-electron chi connectivity index (χ0n) is 39.8. The van der Waals surface area contributed by atoms with Gasteiger partial charge in [-0.1, -0.05) is 93.9 Å². The number of piperidine rings is 1. The number of hydrogen-bond donors (Lipinski definition) is 4. The van der Waals surface area contributed by atoms with E-state index in [2.05, 4.69) is 25.5 Å². The summed E-state index contributed by atoms with van der Waals surface area (Å²) in [7, 11) is 0. The third-order valence-electron chi connectivity index (χ3n) is 13.2. The Bertz CT molecular complexity index is 2470. The third kappa shape index (κ3) is 13.0. The first-order valence-electron chi connectivity index (χ1n) is 23.9. The summed E-state index contributed by atoms with van der Waals surface area (Å²) in [5, 5.41) is 22.1. The van der Waals surface area contributed by atoms with Crippen molar-refractivity contribution in [1.82, 2.24) is 40.2 Å². The number of nitrogens with one attached hydrogen (secondary N) is 2. The van der Waals surface area contributed by atoms with Gasteiger partial charge in [-0.25, -0.2) is 14.4 Å². The van der Waals surface area contributed by atoms with Crippen molar-refractivity contribution in [3.8, 4) is 27.3 Å². The number of anilines is 1. The summed E-state index contributed by atoms with van der Waals surface area (Å²) in [6.45, 7) is 14.2. The van der Waals surface area contributed by atoms with Crippen LogP contribution in [0.4, 0.5) is 10.2 Å². The molecule has 3 aromatic heterocycles. The maximum atomic E-state index is 14.2. The van der Waals surface area contributed by atoms with Crippen molar-refractivity contribution in [2.75, 3.05) is 38.5 Å². The van der Waals surface area contributed by atoms with Gasteiger partial charge < -0.3 is 36.0 Å². The fraction of sp³-hybridized carbons (Fsp3) is 0.510. The number of nitrogen functional groups attached to an aromatic ring is 1. The monoisotopic (exact) mass is 989 g/mol. The first-order chi connectivity index (χ1) is 32.6. The molecule has 1 unspecified atom stereocenters. The Labute approximate surface area is 414 Å². The zero-order chi connectivity index (χ0) is 48.5. The van der Waals surface area contributed by atoms with Gasteiger partial charge in [0.2, 0.25) is 11.8 Å². The van der Waals surface area contributed by atoms with Crippen LogP contribution in [0.25, 0.3) is 21.6 Å². The molecule has 13 nitrogen and oxygen atoms in total. The minimum atomic E-state index is -0.744. The van der Waals surface area contributed by atoms with E-state index in [1.807, 2.05) is 80.6 Å². The van der Waals surface area contributed by atoms with Crippen LogP contribution in [0.5, 0.6) is 5.75 Å². The van der Waals surface area contributed by atoms with Gasteiger partial charge in [-0.3, -0.25) is 14.3 Å². The molecule has 0 saturated carbocycles. The average Bonchev–Trinajstić information content (AvgIpc) is 4.08. The lowest BCUT2D eigenvalue weighted by Crippen LogP contribution is -2.56. The molecule has 68 heavy (non-hydrogen) atoms. The van der Waals surface area contributed by atoms with Gasteiger partial charge in [-0.2, -0.15) is 5.10 Å². The fourth-order valence-corrected chi connectivity index (χ4v) is 10.8. The SMILES string of the molecule is Cc1ncsc1-c1ccc(CNC(=O)[C@@H]2C[C@@H](O)CN2C(=O)C(NCCCCCCCCN2CCC(n3cc(-c4cnc(N)c(O[C@H](C)c5c(Cl)ccc(F)c5Cl)c4)cn3)CC2)C(C)(C)C)cc1. The number of likely N-dealkylation sites (tertiary alicyclic amines) is 2. The molecule has 2 saturated heterocycles. The van der Waals surface area contributed by atoms with Crippen molar-refractivity contribution in [3.05, 3.63) is 99.2 Å². The Hall–Kier alpha value is -4.64. The van der Waals surface area contributed by atoms with Crippen molar-refractivity contribution < 1.29 is 23.8 Å². The number of halogens is 3. The van der Waals surface area contributed by atoms with Gasteiger partial charge in [0, 0.05) is 66.7 Å². The largest absolute Gasteiger partial charge is 0.482 e. The number of carbonyl (C=O) groups is 2. The molecule has 0 bridgehead atoms. The number of benzene rings is 2. The molecule has 5 heterocycles. The van der Waals surface area contributed by atoms with E-state index in [-0.39, 0.29) is 41.0 Å². The second-order valence-electron chi connectivity index (χ2n) is 19.4. The number of aromatic nitrogens is 4. The van der Waals surface area contributed by atoms with Gasteiger partial charge in [0.1, 0.15) is 18.0 Å². The summed E-state index contributed by atoms with van der Waals surface area (Å²) in [6, 6.07) is 11.7. The topological polar surface area (TPSA) is 164 Å². The van der Waals surface area contributed by atoms with E-state index in [4.69, 9.17) is 38.8 Å². The van der Waals surface area contributed by atoms with Crippen LogP contribution in [0, 0.1) is 18.2 Å². The highest BCUT2D eigenvalue weighted by Crippen LogP contribution is 2.37. The molecule has 2 aliphatic heterocycles. The summed E-state index contributed by atoms with van der Waals surface area (Å²) < 4.78 is 22.3. The lowest BCUT2D eigenvalue weighted by molar-refractivity contribution is -0.142. The van der Waals surface area contributed by atoms with Crippen LogP contribution < -0.4 is 21.1 Å². The van der Waals surface area contributed by atoms with E-state index in [0.717, 1.165) is 91.0 Å². The second-order valence-corrected chi connectivity index (χ2v) is 21.0. The molecular weight excluding hydrogens is 925 g/mol. The summed E-state index contributed by atoms with van der Waals surface area (Å²) >= 11 is 14.2. The first-order valence-corrected chi connectivity index (χ1v) is 25.5. The number of aliphatic hydroxyl groups is 1. The number of thiazole rings is 1. The normalized spacial score (nSPS) is 17.9. The average molecular weight is 991 g/mol. The highest BCUT2D eigenvalue weighted by atomic mass is 35.5. The van der Waals surface area contributed by atoms with Crippen molar-refractivity contribution >= 4 is 52.2 Å². The molecule has 2 fully saturated rings. The third-order valence-corrected chi connectivity index (χ3v) is 14.9. The highest BCUT2D eigenvalue weighted by Gasteiger charge is 2.43. The van der Waals surface area contributed by atoms with Crippen molar-refractivity contribution in [1.29, 1.82) is 0 Å². The van der Waals surface area contributed by atoms with Gasteiger partial charge >= 0.3 is 0 Å². The maximum absolute atomic E-state index is 14.2. The van der Waals surface area contributed by atoms with Gasteiger partial charge in [-0.05, 0) is 87.4 Å². The molecule has 0 radical (unpaired) electrons. The molecule has 7 rings (SSSR count). The minimum absolute atomic E-state index is 0.0860. The fourth-order valence-electron chi connectivity index (χ4n) is 9.28. The standard InChI is InChI=1S/C51H66Cl2FN9O4S/c1-32-46(68-31-59-32)35-14-12-34(13-15-35)26-58-49(65)42-25-39(64)30-62(42)50(66)47(51(3,4)5)56-20-10-8-6-7-9-11-21-61-22-18-38(19-23-61)63-29-37(28-60-63)36-24-43(48(55)57-27-36)67-33(2)44-40(52)16-17-41(54)45(44)53/h12-17,24,27-29,31,33,38-39,42,47,56,64H,6-11,18-23,25-26,30H2,1-5H3,(H2,55,57)(H,58,65)/t33-,39-,42+,47?/m1/s1. The number of β-amino-alcohol motifs (C(OH)–C–C–N with tert-alkyl or cyclic N) is 1. The Balaban J connectivity index is 0.782. The van der Waals surface area contributed by atoms with Gasteiger partial charge in [0.05, 0.1) is 45.5 Å². The van der Waals surface area contributed by atoms with Crippen LogP contribution in [0.2, 0.25) is 10.0 Å². The quantitative estimate of drug-likeness (QED) is 0.0436. The molecule has 0 aliphatic carbocycles. The van der Waals surface area contributed by atoms with E-state index in [0.29, 0.717) is 35.5 Å². The molecular formula is C51H66Cl2FN9O4S. The number of unbranched alkanes of at least 4 members (excludes halogenated alkanes) is 5. The second kappa shape index (κ2) is 23.3. The number of hydrogen-bond acceptors (Lipinski definition) is 11. The van der Waals surface area contributed by atoms with Gasteiger partial charge in [0.15, 0.2) is 11.6 Å². The number of pyridine rings is 1. The van der Waals surface area contributed by atoms with Crippen LogP contribution >= 0.6 is 34.5 Å². The molecule has 17 heteroatoms. The maximum Gasteiger partial charge on any atom is 0.243 e. The number of amides is 2. The summed E-state index contributed by atoms with van der Waals surface area (Å²) in [4.78, 5) is 41.5.